The number of carbonyl (C=O) groups excluding carboxylic acids is 2. The first-order valence-electron chi connectivity index (χ1n) is 7.27. The number of halogens is 1. The van der Waals surface area contributed by atoms with Gasteiger partial charge in [0.25, 0.3) is 0 Å². The number of thioether (sulfide) groups is 1. The Labute approximate surface area is 144 Å². The van der Waals surface area contributed by atoms with Crippen molar-refractivity contribution in [2.45, 2.75) is 25.8 Å². The highest BCUT2D eigenvalue weighted by Gasteiger charge is 2.36. The van der Waals surface area contributed by atoms with Gasteiger partial charge in [0.05, 0.1) is 12.5 Å². The molecule has 2 rings (SSSR count). The van der Waals surface area contributed by atoms with E-state index in [-0.39, 0.29) is 23.4 Å². The maximum absolute atomic E-state index is 12.3. The molecule has 1 heterocycles. The molecule has 0 aromatic heterocycles. The van der Waals surface area contributed by atoms with E-state index in [9.17, 15) is 19.5 Å². The first-order valence-corrected chi connectivity index (χ1v) is 8.64. The molecule has 1 aliphatic rings. The maximum Gasteiger partial charge on any atom is 0.305 e. The van der Waals surface area contributed by atoms with Gasteiger partial charge in [0.1, 0.15) is 0 Å². The molecule has 2 unspecified atom stereocenters. The van der Waals surface area contributed by atoms with Crippen molar-refractivity contribution in [3.8, 4) is 0 Å². The molecule has 7 heteroatoms. The highest BCUT2D eigenvalue weighted by Crippen LogP contribution is 2.35. The second kappa shape index (κ2) is 7.84. The molecule has 5 nitrogen and oxygen atoms in total. The number of nitrogens with zero attached hydrogens (tertiary/aromatic N) is 1. The smallest absolute Gasteiger partial charge is 0.305 e. The third-order valence-electron chi connectivity index (χ3n) is 3.77. The lowest BCUT2D eigenvalue weighted by Crippen LogP contribution is -2.32. The van der Waals surface area contributed by atoms with E-state index in [0.29, 0.717) is 29.3 Å². The zero-order valence-corrected chi connectivity index (χ0v) is 14.3. The van der Waals surface area contributed by atoms with Crippen LogP contribution in [-0.2, 0) is 14.4 Å². The molecule has 0 aliphatic carbocycles. The molecule has 0 saturated carbocycles. The Morgan fingerprint density at radius 1 is 1.43 bits per heavy atom. The van der Waals surface area contributed by atoms with Crippen molar-refractivity contribution in [1.29, 1.82) is 0 Å². The Balaban J connectivity index is 2.19. The van der Waals surface area contributed by atoms with Gasteiger partial charge in [0, 0.05) is 30.7 Å². The summed E-state index contributed by atoms with van der Waals surface area (Å²) in [4.78, 5) is 36.2. The standard InChI is InChI=1S/C16H18ClNO4S/c1-10(19)23-9-11-6-15(20)18(8-11)14(7-16(21)22)12-4-2-3-5-13(12)17/h2-5,11,14H,6-9H2,1H3,(H,21,22). The zero-order chi connectivity index (χ0) is 17.0. The van der Waals surface area contributed by atoms with Crippen molar-refractivity contribution in [2.24, 2.45) is 5.92 Å². The van der Waals surface area contributed by atoms with Gasteiger partial charge in [-0.25, -0.2) is 0 Å². The van der Waals surface area contributed by atoms with Crippen LogP contribution >= 0.6 is 23.4 Å². The first-order chi connectivity index (χ1) is 10.9. The molecule has 23 heavy (non-hydrogen) atoms. The first kappa shape index (κ1) is 17.8. The van der Waals surface area contributed by atoms with Gasteiger partial charge in [-0.05, 0) is 17.5 Å². The summed E-state index contributed by atoms with van der Waals surface area (Å²) < 4.78 is 0. The highest BCUT2D eigenvalue weighted by molar-refractivity contribution is 8.13. The molecule has 1 amide bonds. The fraction of sp³-hybridized carbons (Fsp3) is 0.438. The number of hydrogen-bond acceptors (Lipinski definition) is 4. The fourth-order valence-electron chi connectivity index (χ4n) is 2.76. The van der Waals surface area contributed by atoms with Crippen LogP contribution in [0.1, 0.15) is 31.4 Å². The summed E-state index contributed by atoms with van der Waals surface area (Å²) in [6.45, 7) is 1.94. The number of hydrogen-bond donors (Lipinski definition) is 1. The van der Waals surface area contributed by atoms with Crippen LogP contribution in [0.25, 0.3) is 0 Å². The number of rotatable bonds is 6. The number of carbonyl (C=O) groups is 3. The minimum absolute atomic E-state index is 0.0177. The molecule has 1 N–H and O–H groups in total. The molecule has 0 spiro atoms. The largest absolute Gasteiger partial charge is 0.481 e. The van der Waals surface area contributed by atoms with Gasteiger partial charge >= 0.3 is 5.97 Å². The van der Waals surface area contributed by atoms with E-state index in [2.05, 4.69) is 0 Å². The van der Waals surface area contributed by atoms with Crippen LogP contribution in [0.4, 0.5) is 0 Å². The number of carboxylic acids is 1. The van der Waals surface area contributed by atoms with Gasteiger partial charge in [-0.1, -0.05) is 41.6 Å². The molecule has 1 aliphatic heterocycles. The van der Waals surface area contributed by atoms with Crippen LogP contribution in [-0.4, -0.2) is 39.3 Å². The Hall–Kier alpha value is -1.53. The molecule has 1 fully saturated rings. The zero-order valence-electron chi connectivity index (χ0n) is 12.7. The minimum atomic E-state index is -0.982. The van der Waals surface area contributed by atoms with Gasteiger partial charge in [-0.2, -0.15) is 0 Å². The van der Waals surface area contributed by atoms with E-state index < -0.39 is 12.0 Å². The summed E-state index contributed by atoms with van der Waals surface area (Å²) in [5.41, 5.74) is 0.643. The SMILES string of the molecule is CC(=O)SCC1CC(=O)N(C(CC(=O)O)c2ccccc2Cl)C1. The molecule has 124 valence electrons. The van der Waals surface area contributed by atoms with Gasteiger partial charge in [-0.3, -0.25) is 14.4 Å². The number of aliphatic carboxylic acids is 1. The van der Waals surface area contributed by atoms with Gasteiger partial charge in [-0.15, -0.1) is 0 Å². The van der Waals surface area contributed by atoms with Crippen molar-refractivity contribution >= 4 is 40.4 Å². The Bertz CT molecular complexity index is 622. The Morgan fingerprint density at radius 3 is 2.74 bits per heavy atom. The Morgan fingerprint density at radius 2 is 2.13 bits per heavy atom. The third-order valence-corrected chi connectivity index (χ3v) is 5.16. The summed E-state index contributed by atoms with van der Waals surface area (Å²) in [6, 6.07) is 6.40. The van der Waals surface area contributed by atoms with E-state index in [1.807, 2.05) is 0 Å². The monoisotopic (exact) mass is 355 g/mol. The topological polar surface area (TPSA) is 74.7 Å². The highest BCUT2D eigenvalue weighted by atomic mass is 35.5. The van der Waals surface area contributed by atoms with E-state index >= 15 is 0 Å². The van der Waals surface area contributed by atoms with Crippen molar-refractivity contribution in [1.82, 2.24) is 4.90 Å². The van der Waals surface area contributed by atoms with Crippen LogP contribution in [0, 0.1) is 5.92 Å². The summed E-state index contributed by atoms with van der Waals surface area (Å²) in [5.74, 6) is -0.454. The van der Waals surface area contributed by atoms with Crippen molar-refractivity contribution in [2.75, 3.05) is 12.3 Å². The summed E-state index contributed by atoms with van der Waals surface area (Å²) in [6.07, 6.45) is 0.142. The van der Waals surface area contributed by atoms with Crippen LogP contribution in [0.5, 0.6) is 0 Å². The van der Waals surface area contributed by atoms with Crippen LogP contribution < -0.4 is 0 Å². The molecular weight excluding hydrogens is 338 g/mol. The lowest BCUT2D eigenvalue weighted by molar-refractivity contribution is -0.139. The van der Waals surface area contributed by atoms with Gasteiger partial charge in [0.15, 0.2) is 5.12 Å². The van der Waals surface area contributed by atoms with E-state index in [1.165, 1.54) is 18.7 Å². The quantitative estimate of drug-likeness (QED) is 0.849. The van der Waals surface area contributed by atoms with Crippen LogP contribution in [0.3, 0.4) is 0 Å². The molecular formula is C16H18ClNO4S. The lowest BCUT2D eigenvalue weighted by Gasteiger charge is -2.28. The number of benzene rings is 1. The lowest BCUT2D eigenvalue weighted by atomic mass is 10.0. The third kappa shape index (κ3) is 4.72. The summed E-state index contributed by atoms with van der Waals surface area (Å²) >= 11 is 7.39. The summed E-state index contributed by atoms with van der Waals surface area (Å²) in [5, 5.41) is 9.66. The van der Waals surface area contributed by atoms with Crippen molar-refractivity contribution < 1.29 is 19.5 Å². The molecule has 1 aromatic carbocycles. The average molecular weight is 356 g/mol. The van der Waals surface area contributed by atoms with Gasteiger partial charge < -0.3 is 10.0 Å². The van der Waals surface area contributed by atoms with Crippen LogP contribution in [0.15, 0.2) is 24.3 Å². The number of amides is 1. The van der Waals surface area contributed by atoms with E-state index in [0.717, 1.165) is 0 Å². The van der Waals surface area contributed by atoms with Gasteiger partial charge in [0.2, 0.25) is 5.91 Å². The number of likely N-dealkylation sites (tertiary alicyclic amines) is 1. The maximum atomic E-state index is 12.3. The normalized spacial score (nSPS) is 19.0. The second-order valence-electron chi connectivity index (χ2n) is 5.55. The van der Waals surface area contributed by atoms with Crippen molar-refractivity contribution in [3.05, 3.63) is 34.9 Å². The Kier molecular flexibility index (Phi) is 6.07. The van der Waals surface area contributed by atoms with Crippen molar-refractivity contribution in [3.63, 3.8) is 0 Å². The molecule has 0 bridgehead atoms. The fourth-order valence-corrected chi connectivity index (χ4v) is 3.71. The summed E-state index contributed by atoms with van der Waals surface area (Å²) in [7, 11) is 0. The molecule has 1 saturated heterocycles. The molecule has 2 atom stereocenters. The van der Waals surface area contributed by atoms with Crippen LogP contribution in [0.2, 0.25) is 5.02 Å². The molecule has 1 aromatic rings. The van der Waals surface area contributed by atoms with E-state index in [1.54, 1.807) is 29.2 Å². The predicted octanol–water partition coefficient (Wildman–Crippen LogP) is 2.98. The van der Waals surface area contributed by atoms with E-state index in [4.69, 9.17) is 11.6 Å². The molecule has 0 radical (unpaired) electrons. The second-order valence-corrected chi connectivity index (χ2v) is 7.16. The average Bonchev–Trinajstić information content (AvgIpc) is 2.84. The number of carboxylic acid groups (broad SMARTS) is 1. The minimum Gasteiger partial charge on any atom is -0.481 e. The predicted molar refractivity (Wildman–Crippen MR) is 89.4 cm³/mol.